The molecule has 232 valence electrons. The lowest BCUT2D eigenvalue weighted by atomic mass is 9.41. The van der Waals surface area contributed by atoms with Crippen LogP contribution in [0.4, 0.5) is 0 Å². The van der Waals surface area contributed by atoms with Crippen molar-refractivity contribution in [2.24, 2.45) is 44.8 Å². The average molecular weight is 575 g/mol. The van der Waals surface area contributed by atoms with Crippen molar-refractivity contribution in [2.75, 3.05) is 0 Å². The van der Waals surface area contributed by atoms with Gasteiger partial charge >= 0.3 is 11.9 Å². The van der Waals surface area contributed by atoms with E-state index >= 15 is 0 Å². The van der Waals surface area contributed by atoms with Crippen LogP contribution < -0.4 is 0 Å². The lowest BCUT2D eigenvalue weighted by Gasteiger charge is -2.64. The largest absolute Gasteiger partial charge is 0.462 e. The third-order valence-corrected chi connectivity index (χ3v) is 14.3. The molecule has 0 aromatic heterocycles. The highest BCUT2D eigenvalue weighted by molar-refractivity contribution is 5.67. The second-order valence-electron chi connectivity index (χ2n) is 17.1. The summed E-state index contributed by atoms with van der Waals surface area (Å²) in [5, 5.41) is 22.7. The van der Waals surface area contributed by atoms with E-state index in [0.29, 0.717) is 5.92 Å². The number of esters is 2. The zero-order valence-corrected chi connectivity index (χ0v) is 26.8. The fourth-order valence-corrected chi connectivity index (χ4v) is 12.8. The van der Waals surface area contributed by atoms with E-state index in [-0.39, 0.29) is 69.2 Å². The lowest BCUT2D eigenvalue weighted by Crippen LogP contribution is -2.63. The Morgan fingerprint density at radius 2 is 1.51 bits per heavy atom. The van der Waals surface area contributed by atoms with Crippen LogP contribution in [0, 0.1) is 44.8 Å². The first-order chi connectivity index (χ1) is 18.8. The maximum Gasteiger partial charge on any atom is 0.302 e. The van der Waals surface area contributed by atoms with Crippen LogP contribution in [0.15, 0.2) is 0 Å². The molecule has 41 heavy (non-hydrogen) atoms. The minimum absolute atomic E-state index is 0.0274. The van der Waals surface area contributed by atoms with Gasteiger partial charge in [0.25, 0.3) is 0 Å². The number of hydrogen-bond acceptors (Lipinski definition) is 7. The van der Waals surface area contributed by atoms with Gasteiger partial charge in [0.15, 0.2) is 0 Å². The second-order valence-corrected chi connectivity index (χ2v) is 17.1. The molecule has 0 aromatic rings. The van der Waals surface area contributed by atoms with Crippen LogP contribution in [0.1, 0.15) is 120 Å². The maximum atomic E-state index is 12.6. The molecular weight excluding hydrogens is 520 g/mol. The first-order valence-corrected chi connectivity index (χ1v) is 16.2. The Bertz CT molecular complexity index is 1130. The SMILES string of the molecule is CC(=O)O[C@H]1C[C@@H]2[C@@]3(CC[C@]4(C)[C@@H]([C@]5(C)CC[C@H](C(C)(C)O)O5)[C@@H](O)C[C@@]24C)C[C@@]32CC[C@H](OC(C)=O)C(C)(C)[C@@H]12. The van der Waals surface area contributed by atoms with Gasteiger partial charge in [-0.15, -0.1) is 0 Å². The van der Waals surface area contributed by atoms with Crippen LogP contribution in [0.25, 0.3) is 0 Å². The van der Waals surface area contributed by atoms with E-state index in [1.165, 1.54) is 13.8 Å². The minimum atomic E-state index is -0.921. The molecule has 12 atom stereocenters. The van der Waals surface area contributed by atoms with Gasteiger partial charge in [-0.1, -0.05) is 27.7 Å². The minimum Gasteiger partial charge on any atom is -0.462 e. The fraction of sp³-hybridized carbons (Fsp3) is 0.941. The summed E-state index contributed by atoms with van der Waals surface area (Å²) in [5.41, 5.74) is -1.80. The molecule has 7 nitrogen and oxygen atoms in total. The number of hydrogen-bond donors (Lipinski definition) is 2. The van der Waals surface area contributed by atoms with Crippen LogP contribution in [-0.2, 0) is 23.8 Å². The van der Waals surface area contributed by atoms with Gasteiger partial charge in [0.05, 0.1) is 23.4 Å². The zero-order valence-electron chi connectivity index (χ0n) is 26.8. The van der Waals surface area contributed by atoms with E-state index in [2.05, 4.69) is 34.6 Å². The quantitative estimate of drug-likeness (QED) is 0.423. The number of ether oxygens (including phenoxy) is 3. The number of carbonyl (C=O) groups excluding carboxylic acids is 2. The van der Waals surface area contributed by atoms with Crippen molar-refractivity contribution in [3.63, 3.8) is 0 Å². The molecule has 2 N–H and O–H groups in total. The predicted molar refractivity (Wildman–Crippen MR) is 154 cm³/mol. The molecule has 7 heteroatoms. The van der Waals surface area contributed by atoms with Crippen molar-refractivity contribution in [3.8, 4) is 0 Å². The summed E-state index contributed by atoms with van der Waals surface area (Å²) in [7, 11) is 0. The number of rotatable bonds is 4. The fourth-order valence-electron chi connectivity index (χ4n) is 12.8. The summed E-state index contributed by atoms with van der Waals surface area (Å²) in [4.78, 5) is 24.6. The highest BCUT2D eigenvalue weighted by Gasteiger charge is 2.85. The number of aliphatic hydroxyl groups is 2. The van der Waals surface area contributed by atoms with Crippen molar-refractivity contribution in [2.45, 2.75) is 156 Å². The Hall–Kier alpha value is -1.18. The Morgan fingerprint density at radius 3 is 2.10 bits per heavy atom. The van der Waals surface area contributed by atoms with E-state index in [9.17, 15) is 19.8 Å². The smallest absolute Gasteiger partial charge is 0.302 e. The van der Waals surface area contributed by atoms with Crippen molar-refractivity contribution in [3.05, 3.63) is 0 Å². The highest BCUT2D eigenvalue weighted by Crippen LogP contribution is 2.89. The van der Waals surface area contributed by atoms with Crippen molar-refractivity contribution < 1.29 is 34.0 Å². The first kappa shape index (κ1) is 29.9. The van der Waals surface area contributed by atoms with Gasteiger partial charge in [-0.2, -0.15) is 0 Å². The van der Waals surface area contributed by atoms with Crippen molar-refractivity contribution in [1.29, 1.82) is 0 Å². The third-order valence-electron chi connectivity index (χ3n) is 14.3. The molecule has 0 unspecified atom stereocenters. The van der Waals surface area contributed by atoms with E-state index in [4.69, 9.17) is 14.2 Å². The standard InChI is InChI=1S/C34H54O7/c1-19(35)39-22-16-23-31(8)17-21(37)26(32(9)12-10-25(41-32)29(5,6)38)30(31,7)14-15-33(23)18-34(33)13-11-24(40-20(2)36)28(3,4)27(22)34/h21-27,37-38H,10-18H2,1-9H3/t21-,22-,23-,24-,25+,26-,27+,30+,31-,32-,33+,34+/m0/s1. The molecule has 6 aliphatic rings. The molecular formula is C34H54O7. The van der Waals surface area contributed by atoms with Gasteiger partial charge in [-0.25, -0.2) is 0 Å². The summed E-state index contributed by atoms with van der Waals surface area (Å²) in [6, 6.07) is 0. The molecule has 5 aliphatic carbocycles. The Morgan fingerprint density at radius 1 is 0.854 bits per heavy atom. The third kappa shape index (κ3) is 3.79. The van der Waals surface area contributed by atoms with Gasteiger partial charge in [0.1, 0.15) is 12.2 Å². The highest BCUT2D eigenvalue weighted by atomic mass is 16.6. The zero-order chi connectivity index (χ0) is 30.2. The molecule has 0 radical (unpaired) electrons. The van der Waals surface area contributed by atoms with E-state index in [1.807, 2.05) is 13.8 Å². The topological polar surface area (TPSA) is 102 Å². The summed E-state index contributed by atoms with van der Waals surface area (Å²) >= 11 is 0. The number of fused-ring (bicyclic) bond motifs is 2. The molecule has 0 bridgehead atoms. The molecule has 2 spiro atoms. The van der Waals surface area contributed by atoms with Gasteiger partial charge in [-0.05, 0) is 106 Å². The predicted octanol–water partition coefficient (Wildman–Crippen LogP) is 5.58. The Labute approximate surface area is 246 Å². The molecule has 6 rings (SSSR count). The van der Waals surface area contributed by atoms with Crippen LogP contribution in [-0.4, -0.2) is 57.8 Å². The van der Waals surface area contributed by atoms with E-state index in [1.54, 1.807) is 0 Å². The molecule has 1 heterocycles. The second kappa shape index (κ2) is 8.72. The lowest BCUT2D eigenvalue weighted by molar-refractivity contribution is -0.224. The maximum absolute atomic E-state index is 12.6. The van der Waals surface area contributed by atoms with E-state index < -0.39 is 17.3 Å². The summed E-state index contributed by atoms with van der Waals surface area (Å²) < 4.78 is 18.8. The van der Waals surface area contributed by atoms with Crippen LogP contribution >= 0.6 is 0 Å². The van der Waals surface area contributed by atoms with Gasteiger partial charge < -0.3 is 24.4 Å². The molecule has 6 fully saturated rings. The van der Waals surface area contributed by atoms with E-state index in [0.717, 1.165) is 57.8 Å². The molecule has 1 aliphatic heterocycles. The van der Waals surface area contributed by atoms with Crippen molar-refractivity contribution in [1.82, 2.24) is 0 Å². The number of aliphatic hydroxyl groups excluding tert-OH is 1. The monoisotopic (exact) mass is 574 g/mol. The number of carbonyl (C=O) groups is 2. The summed E-state index contributed by atoms with van der Waals surface area (Å²) in [6.07, 6.45) is 7.08. The van der Waals surface area contributed by atoms with Gasteiger partial charge in [0.2, 0.25) is 0 Å². The molecule has 0 amide bonds. The van der Waals surface area contributed by atoms with Gasteiger partial charge in [0, 0.05) is 31.1 Å². The van der Waals surface area contributed by atoms with Crippen LogP contribution in [0.5, 0.6) is 0 Å². The molecule has 5 saturated carbocycles. The van der Waals surface area contributed by atoms with Crippen LogP contribution in [0.2, 0.25) is 0 Å². The van der Waals surface area contributed by atoms with Gasteiger partial charge in [-0.3, -0.25) is 9.59 Å². The average Bonchev–Trinajstić information content (AvgIpc) is 3.18. The molecule has 0 aromatic carbocycles. The molecule has 1 saturated heterocycles. The van der Waals surface area contributed by atoms with Crippen molar-refractivity contribution >= 4 is 11.9 Å². The first-order valence-electron chi connectivity index (χ1n) is 16.2. The summed E-state index contributed by atoms with van der Waals surface area (Å²) in [6.45, 7) is 18.1. The Kier molecular flexibility index (Phi) is 6.35. The summed E-state index contributed by atoms with van der Waals surface area (Å²) in [5.74, 6) is -0.0675. The Balaban J connectivity index is 1.38. The van der Waals surface area contributed by atoms with Crippen LogP contribution in [0.3, 0.4) is 0 Å². The normalized spacial score (nSPS) is 53.4.